The van der Waals surface area contributed by atoms with Crippen LogP contribution in [-0.4, -0.2) is 25.1 Å². The maximum atomic E-state index is 11.2. The highest BCUT2D eigenvalue weighted by atomic mass is 32.1. The Labute approximate surface area is 106 Å². The molecular formula is C13H15NO2S. The van der Waals surface area contributed by atoms with E-state index in [9.17, 15) is 4.79 Å². The molecule has 1 aromatic carbocycles. The van der Waals surface area contributed by atoms with Crippen molar-refractivity contribution < 1.29 is 9.53 Å². The number of para-hydroxylation sites is 1. The molecule has 4 heteroatoms. The van der Waals surface area contributed by atoms with Crippen LogP contribution < -0.4 is 4.90 Å². The maximum absolute atomic E-state index is 11.2. The van der Waals surface area contributed by atoms with Gasteiger partial charge in [-0.05, 0) is 18.1 Å². The summed E-state index contributed by atoms with van der Waals surface area (Å²) in [5.74, 6) is -0.0230. The molecule has 90 valence electrons. The van der Waals surface area contributed by atoms with Gasteiger partial charge in [0.05, 0.1) is 12.1 Å². The zero-order valence-corrected chi connectivity index (χ0v) is 10.8. The van der Waals surface area contributed by atoms with Gasteiger partial charge in [0.15, 0.2) is 0 Å². The van der Waals surface area contributed by atoms with E-state index in [4.69, 9.17) is 12.2 Å². The third-order valence-corrected chi connectivity index (χ3v) is 3.73. The van der Waals surface area contributed by atoms with Crippen molar-refractivity contribution in [1.82, 2.24) is 0 Å². The summed E-state index contributed by atoms with van der Waals surface area (Å²) < 4.78 is 4.66. The monoisotopic (exact) mass is 249 g/mol. The first-order valence-electron chi connectivity index (χ1n) is 5.58. The summed E-state index contributed by atoms with van der Waals surface area (Å²) >= 11 is 5.43. The van der Waals surface area contributed by atoms with E-state index in [1.54, 1.807) is 0 Å². The molecule has 1 aliphatic rings. The van der Waals surface area contributed by atoms with E-state index in [2.05, 4.69) is 16.9 Å². The molecule has 0 radical (unpaired) electrons. The van der Waals surface area contributed by atoms with E-state index in [1.807, 2.05) is 24.1 Å². The molecule has 0 saturated carbocycles. The van der Waals surface area contributed by atoms with Crippen molar-refractivity contribution in [3.05, 3.63) is 29.8 Å². The molecule has 0 spiro atoms. The van der Waals surface area contributed by atoms with E-state index in [1.165, 1.54) is 12.7 Å². The number of esters is 1. The minimum Gasteiger partial charge on any atom is -0.469 e. The summed E-state index contributed by atoms with van der Waals surface area (Å²) in [7, 11) is 3.38. The molecule has 0 aromatic heterocycles. The van der Waals surface area contributed by atoms with Crippen molar-refractivity contribution in [3.8, 4) is 0 Å². The summed E-state index contributed by atoms with van der Waals surface area (Å²) in [4.78, 5) is 14.1. The Balaban J connectivity index is 2.18. The third-order valence-electron chi connectivity index (χ3n) is 3.17. The third kappa shape index (κ3) is 2.17. The van der Waals surface area contributed by atoms with Crippen LogP contribution >= 0.6 is 12.2 Å². The normalized spacial score (nSPS) is 18.1. The summed E-state index contributed by atoms with van der Waals surface area (Å²) in [6.07, 6.45) is 1.12. The Kier molecular flexibility index (Phi) is 3.43. The number of ether oxygens (including phenoxy) is 1. The number of benzene rings is 1. The lowest BCUT2D eigenvalue weighted by Gasteiger charge is -2.14. The molecule has 0 amide bonds. The van der Waals surface area contributed by atoms with Crippen LogP contribution in [0.2, 0.25) is 0 Å². The Bertz CT molecular complexity index is 458. The molecule has 1 unspecified atom stereocenters. The molecule has 0 aliphatic carbocycles. The van der Waals surface area contributed by atoms with Crippen LogP contribution in [0.25, 0.3) is 0 Å². The number of hydrogen-bond donors (Lipinski definition) is 0. The van der Waals surface area contributed by atoms with Gasteiger partial charge in [0.1, 0.15) is 0 Å². The van der Waals surface area contributed by atoms with Crippen LogP contribution in [0.4, 0.5) is 5.69 Å². The molecule has 0 fully saturated rings. The minimum atomic E-state index is -0.181. The number of methoxy groups -OCH3 is 1. The van der Waals surface area contributed by atoms with Gasteiger partial charge in [-0.25, -0.2) is 0 Å². The summed E-state index contributed by atoms with van der Waals surface area (Å²) in [5.41, 5.74) is 2.36. The van der Waals surface area contributed by atoms with Gasteiger partial charge in [0.2, 0.25) is 0 Å². The van der Waals surface area contributed by atoms with Gasteiger partial charge in [0.25, 0.3) is 0 Å². The fourth-order valence-corrected chi connectivity index (χ4v) is 2.56. The summed E-state index contributed by atoms with van der Waals surface area (Å²) in [6.45, 7) is 0. The highest BCUT2D eigenvalue weighted by Gasteiger charge is 2.31. The molecular weight excluding hydrogens is 234 g/mol. The van der Waals surface area contributed by atoms with Crippen molar-refractivity contribution in [2.45, 2.75) is 18.8 Å². The fourth-order valence-electron chi connectivity index (χ4n) is 2.22. The number of rotatable bonds is 3. The molecule has 1 aliphatic heterocycles. The molecule has 0 bridgehead atoms. The predicted molar refractivity (Wildman–Crippen MR) is 71.4 cm³/mol. The van der Waals surface area contributed by atoms with Gasteiger partial charge in [0, 0.05) is 25.1 Å². The molecule has 0 saturated heterocycles. The lowest BCUT2D eigenvalue weighted by atomic mass is 9.96. The minimum absolute atomic E-state index is 0.158. The van der Waals surface area contributed by atoms with Gasteiger partial charge in [-0.1, -0.05) is 30.4 Å². The zero-order chi connectivity index (χ0) is 12.4. The summed E-state index contributed by atoms with van der Waals surface area (Å²) in [6, 6.07) is 8.14. The maximum Gasteiger partial charge on any atom is 0.305 e. The number of anilines is 1. The Morgan fingerprint density at radius 1 is 1.47 bits per heavy atom. The molecule has 3 nitrogen and oxygen atoms in total. The van der Waals surface area contributed by atoms with Gasteiger partial charge in [-0.2, -0.15) is 0 Å². The van der Waals surface area contributed by atoms with E-state index < -0.39 is 0 Å². The zero-order valence-electron chi connectivity index (χ0n) is 9.97. The average Bonchev–Trinajstić information content (AvgIpc) is 2.60. The van der Waals surface area contributed by atoms with Crippen molar-refractivity contribution >= 4 is 28.9 Å². The van der Waals surface area contributed by atoms with Crippen LogP contribution in [0.5, 0.6) is 0 Å². The van der Waals surface area contributed by atoms with Crippen LogP contribution in [0, 0.1) is 0 Å². The Morgan fingerprint density at radius 2 is 2.18 bits per heavy atom. The standard InChI is InChI=1S/C13H15NO2S/c1-14-11-6-4-3-5-9(11)10(13(14)17)7-8-12(15)16-2/h3-6,10H,7-8H2,1-2H3. The molecule has 0 N–H and O–H groups in total. The van der Waals surface area contributed by atoms with E-state index in [0.717, 1.165) is 10.7 Å². The van der Waals surface area contributed by atoms with Crippen LogP contribution in [0.15, 0.2) is 24.3 Å². The van der Waals surface area contributed by atoms with Crippen molar-refractivity contribution in [1.29, 1.82) is 0 Å². The lowest BCUT2D eigenvalue weighted by molar-refractivity contribution is -0.140. The van der Waals surface area contributed by atoms with Crippen molar-refractivity contribution in [3.63, 3.8) is 0 Å². The van der Waals surface area contributed by atoms with Gasteiger partial charge in [-0.3, -0.25) is 4.79 Å². The van der Waals surface area contributed by atoms with E-state index in [-0.39, 0.29) is 11.9 Å². The molecule has 2 rings (SSSR count). The van der Waals surface area contributed by atoms with Gasteiger partial charge >= 0.3 is 5.97 Å². The second-order valence-electron chi connectivity index (χ2n) is 4.12. The first-order valence-corrected chi connectivity index (χ1v) is 5.99. The second-order valence-corrected chi connectivity index (χ2v) is 4.54. The molecule has 1 atom stereocenters. The number of carbonyl (C=O) groups is 1. The average molecular weight is 249 g/mol. The van der Waals surface area contributed by atoms with Gasteiger partial charge in [-0.15, -0.1) is 0 Å². The van der Waals surface area contributed by atoms with Gasteiger partial charge < -0.3 is 9.64 Å². The van der Waals surface area contributed by atoms with Crippen LogP contribution in [0.3, 0.4) is 0 Å². The Hall–Kier alpha value is -1.42. The molecule has 17 heavy (non-hydrogen) atoms. The fraction of sp³-hybridized carbons (Fsp3) is 0.385. The van der Waals surface area contributed by atoms with Crippen LogP contribution in [-0.2, 0) is 9.53 Å². The highest BCUT2D eigenvalue weighted by molar-refractivity contribution is 7.80. The quantitative estimate of drug-likeness (QED) is 0.608. The number of carbonyl (C=O) groups excluding carboxylic acids is 1. The predicted octanol–water partition coefficient (Wildman–Crippen LogP) is 2.50. The van der Waals surface area contributed by atoms with E-state index in [0.29, 0.717) is 12.8 Å². The topological polar surface area (TPSA) is 29.5 Å². The van der Waals surface area contributed by atoms with Crippen molar-refractivity contribution in [2.24, 2.45) is 0 Å². The summed E-state index contributed by atoms with van der Waals surface area (Å²) in [5, 5.41) is 0. The lowest BCUT2D eigenvalue weighted by Crippen LogP contribution is -2.22. The number of thiocarbonyl (C=S) groups is 1. The second kappa shape index (κ2) is 4.84. The number of likely N-dealkylation sites (N-methyl/N-ethyl adjacent to an activating group) is 1. The number of hydrogen-bond acceptors (Lipinski definition) is 3. The highest BCUT2D eigenvalue weighted by Crippen LogP contribution is 2.39. The first-order chi connectivity index (χ1) is 8.15. The molecule has 1 aromatic rings. The SMILES string of the molecule is COC(=O)CCC1C(=S)N(C)c2ccccc21. The van der Waals surface area contributed by atoms with E-state index >= 15 is 0 Å². The number of fused-ring (bicyclic) bond motifs is 1. The first kappa shape index (κ1) is 12.0. The van der Waals surface area contributed by atoms with Crippen LogP contribution in [0.1, 0.15) is 24.3 Å². The largest absolute Gasteiger partial charge is 0.469 e. The smallest absolute Gasteiger partial charge is 0.305 e. The number of nitrogens with zero attached hydrogens (tertiary/aromatic N) is 1. The molecule has 1 heterocycles. The van der Waals surface area contributed by atoms with Crippen molar-refractivity contribution in [2.75, 3.05) is 19.1 Å². The Morgan fingerprint density at radius 3 is 2.88 bits per heavy atom.